The van der Waals surface area contributed by atoms with Crippen molar-refractivity contribution in [2.75, 3.05) is 11.9 Å². The summed E-state index contributed by atoms with van der Waals surface area (Å²) < 4.78 is 0. The molecule has 0 N–H and O–H groups in total. The highest BCUT2D eigenvalue weighted by atomic mass is 15.1. The van der Waals surface area contributed by atoms with Gasteiger partial charge in [-0.25, -0.2) is 0 Å². The van der Waals surface area contributed by atoms with E-state index in [-0.39, 0.29) is 0 Å². The molecule has 0 spiro atoms. The second-order valence-electron chi connectivity index (χ2n) is 6.42. The van der Waals surface area contributed by atoms with Crippen molar-refractivity contribution in [1.82, 2.24) is 0 Å². The highest BCUT2D eigenvalue weighted by Crippen LogP contribution is 2.45. The van der Waals surface area contributed by atoms with Crippen molar-refractivity contribution >= 4 is 11.4 Å². The SMILES string of the molecule is Cc1ccc(CC2c3ccccc3N(C)c3ccccc32)cc1. The van der Waals surface area contributed by atoms with Crippen LogP contribution in [0.1, 0.15) is 28.2 Å². The first kappa shape index (κ1) is 14.1. The van der Waals surface area contributed by atoms with Crippen molar-refractivity contribution in [1.29, 1.82) is 0 Å². The van der Waals surface area contributed by atoms with E-state index in [4.69, 9.17) is 0 Å². The predicted molar refractivity (Wildman–Crippen MR) is 97.7 cm³/mol. The quantitative estimate of drug-likeness (QED) is 0.608. The van der Waals surface area contributed by atoms with E-state index >= 15 is 0 Å². The first-order valence-electron chi connectivity index (χ1n) is 8.21. The minimum absolute atomic E-state index is 0.418. The van der Waals surface area contributed by atoms with Gasteiger partial charge in [-0.15, -0.1) is 0 Å². The summed E-state index contributed by atoms with van der Waals surface area (Å²) in [6, 6.07) is 26.5. The number of hydrogen-bond donors (Lipinski definition) is 0. The zero-order chi connectivity index (χ0) is 15.8. The molecule has 0 saturated carbocycles. The van der Waals surface area contributed by atoms with E-state index in [1.54, 1.807) is 0 Å². The fraction of sp³-hybridized carbons (Fsp3) is 0.182. The van der Waals surface area contributed by atoms with E-state index in [2.05, 4.69) is 91.7 Å². The van der Waals surface area contributed by atoms with Gasteiger partial charge in [0.25, 0.3) is 0 Å². The van der Waals surface area contributed by atoms with Gasteiger partial charge in [0.05, 0.1) is 0 Å². The molecule has 0 unspecified atom stereocenters. The minimum atomic E-state index is 0.418. The van der Waals surface area contributed by atoms with E-state index in [0.29, 0.717) is 5.92 Å². The fourth-order valence-electron chi connectivity index (χ4n) is 3.65. The molecule has 114 valence electrons. The Morgan fingerprint density at radius 2 is 1.26 bits per heavy atom. The molecule has 0 aromatic heterocycles. The second-order valence-corrected chi connectivity index (χ2v) is 6.42. The van der Waals surface area contributed by atoms with Gasteiger partial charge in [0.1, 0.15) is 0 Å². The van der Waals surface area contributed by atoms with Crippen molar-refractivity contribution in [3.8, 4) is 0 Å². The van der Waals surface area contributed by atoms with Gasteiger partial charge >= 0.3 is 0 Å². The van der Waals surface area contributed by atoms with E-state index < -0.39 is 0 Å². The summed E-state index contributed by atoms with van der Waals surface area (Å²) in [6.07, 6.45) is 1.04. The van der Waals surface area contributed by atoms with Gasteiger partial charge in [0.2, 0.25) is 0 Å². The van der Waals surface area contributed by atoms with Crippen molar-refractivity contribution in [2.45, 2.75) is 19.3 Å². The summed E-state index contributed by atoms with van der Waals surface area (Å²) >= 11 is 0. The monoisotopic (exact) mass is 299 g/mol. The summed E-state index contributed by atoms with van der Waals surface area (Å²) in [5.41, 5.74) is 8.21. The van der Waals surface area contributed by atoms with Crippen molar-refractivity contribution in [2.24, 2.45) is 0 Å². The lowest BCUT2D eigenvalue weighted by molar-refractivity contribution is 0.785. The number of hydrogen-bond acceptors (Lipinski definition) is 1. The van der Waals surface area contributed by atoms with Crippen molar-refractivity contribution in [3.63, 3.8) is 0 Å². The third kappa shape index (κ3) is 2.43. The Hall–Kier alpha value is -2.54. The topological polar surface area (TPSA) is 3.24 Å². The molecule has 1 nitrogen and oxygen atoms in total. The molecule has 0 bridgehead atoms. The zero-order valence-electron chi connectivity index (χ0n) is 13.7. The van der Waals surface area contributed by atoms with Crippen LogP contribution in [0.5, 0.6) is 0 Å². The first-order chi connectivity index (χ1) is 11.2. The van der Waals surface area contributed by atoms with Crippen molar-refractivity contribution < 1.29 is 0 Å². The van der Waals surface area contributed by atoms with Crippen LogP contribution in [0.3, 0.4) is 0 Å². The van der Waals surface area contributed by atoms with Crippen LogP contribution in [0.15, 0.2) is 72.8 Å². The number of benzene rings is 3. The maximum atomic E-state index is 2.32. The Labute approximate surface area is 138 Å². The number of para-hydroxylation sites is 2. The van der Waals surface area contributed by atoms with Crippen LogP contribution in [-0.4, -0.2) is 7.05 Å². The molecule has 1 aliphatic rings. The number of nitrogens with zero attached hydrogens (tertiary/aromatic N) is 1. The Balaban J connectivity index is 1.82. The second kappa shape index (κ2) is 5.58. The smallest absolute Gasteiger partial charge is 0.0447 e. The Morgan fingerprint density at radius 3 is 1.83 bits per heavy atom. The minimum Gasteiger partial charge on any atom is -0.344 e. The molecule has 3 aromatic rings. The van der Waals surface area contributed by atoms with Gasteiger partial charge in [-0.2, -0.15) is 0 Å². The first-order valence-corrected chi connectivity index (χ1v) is 8.21. The third-order valence-electron chi connectivity index (χ3n) is 4.91. The summed E-state index contributed by atoms with van der Waals surface area (Å²) in [5.74, 6) is 0.418. The van der Waals surface area contributed by atoms with Gasteiger partial charge in [-0.05, 0) is 42.2 Å². The highest BCUT2D eigenvalue weighted by Gasteiger charge is 2.28. The summed E-state index contributed by atoms with van der Waals surface area (Å²) in [7, 11) is 2.17. The van der Waals surface area contributed by atoms with Crippen LogP contribution < -0.4 is 4.90 Å². The standard InChI is InChI=1S/C22H21N/c1-16-11-13-17(14-12-16)15-20-18-7-3-5-9-21(18)23(2)22-10-6-4-8-19(20)22/h3-14,20H,15H2,1-2H3. The predicted octanol–water partition coefficient (Wildman–Crippen LogP) is 5.45. The van der Waals surface area contributed by atoms with Crippen LogP contribution in [0.25, 0.3) is 0 Å². The Bertz CT molecular complexity index is 785. The van der Waals surface area contributed by atoms with Gasteiger partial charge < -0.3 is 4.90 Å². The van der Waals surface area contributed by atoms with Crippen molar-refractivity contribution in [3.05, 3.63) is 95.1 Å². The van der Waals surface area contributed by atoms with E-state index in [9.17, 15) is 0 Å². The van der Waals surface area contributed by atoms with Gasteiger partial charge in [0.15, 0.2) is 0 Å². The van der Waals surface area contributed by atoms with Crippen LogP contribution >= 0.6 is 0 Å². The number of anilines is 2. The average Bonchev–Trinajstić information content (AvgIpc) is 2.60. The molecule has 3 aromatic carbocycles. The lowest BCUT2D eigenvalue weighted by atomic mass is 9.81. The molecular formula is C22H21N. The largest absolute Gasteiger partial charge is 0.344 e. The van der Waals surface area contributed by atoms with E-state index in [1.807, 2.05) is 0 Å². The van der Waals surface area contributed by atoms with Crippen LogP contribution in [0, 0.1) is 6.92 Å². The fourth-order valence-corrected chi connectivity index (χ4v) is 3.65. The molecule has 23 heavy (non-hydrogen) atoms. The molecule has 0 aliphatic carbocycles. The number of rotatable bonds is 2. The van der Waals surface area contributed by atoms with E-state index in [1.165, 1.54) is 33.6 Å². The molecule has 0 atom stereocenters. The molecule has 1 aliphatic heterocycles. The molecule has 1 heteroatoms. The van der Waals surface area contributed by atoms with Crippen LogP contribution in [-0.2, 0) is 6.42 Å². The Morgan fingerprint density at radius 1 is 0.739 bits per heavy atom. The highest BCUT2D eigenvalue weighted by molar-refractivity contribution is 5.75. The van der Waals surface area contributed by atoms with Gasteiger partial charge in [-0.1, -0.05) is 66.2 Å². The molecule has 0 fully saturated rings. The molecule has 1 heterocycles. The summed E-state index contributed by atoms with van der Waals surface area (Å²) in [6.45, 7) is 2.14. The number of aryl methyl sites for hydroxylation is 1. The molecule has 0 amide bonds. The van der Waals surface area contributed by atoms with E-state index in [0.717, 1.165) is 6.42 Å². The molecular weight excluding hydrogens is 278 g/mol. The summed E-state index contributed by atoms with van der Waals surface area (Å²) in [4.78, 5) is 2.32. The maximum absolute atomic E-state index is 2.32. The van der Waals surface area contributed by atoms with Gasteiger partial charge in [-0.3, -0.25) is 0 Å². The summed E-state index contributed by atoms with van der Waals surface area (Å²) in [5, 5.41) is 0. The van der Waals surface area contributed by atoms with Crippen LogP contribution in [0.2, 0.25) is 0 Å². The Kier molecular flexibility index (Phi) is 3.42. The third-order valence-corrected chi connectivity index (χ3v) is 4.91. The normalized spacial score (nSPS) is 13.6. The zero-order valence-corrected chi connectivity index (χ0v) is 13.7. The maximum Gasteiger partial charge on any atom is 0.0447 e. The molecule has 0 saturated heterocycles. The van der Waals surface area contributed by atoms with Gasteiger partial charge in [0, 0.05) is 24.3 Å². The lowest BCUT2D eigenvalue weighted by Crippen LogP contribution is -2.22. The number of fused-ring (bicyclic) bond motifs is 2. The molecule has 4 rings (SSSR count). The lowest BCUT2D eigenvalue weighted by Gasteiger charge is -2.35. The van der Waals surface area contributed by atoms with Crippen LogP contribution in [0.4, 0.5) is 11.4 Å². The average molecular weight is 299 g/mol. The molecule has 0 radical (unpaired) electrons.